The van der Waals surface area contributed by atoms with Crippen molar-refractivity contribution in [2.45, 2.75) is 13.3 Å². The van der Waals surface area contributed by atoms with Crippen LogP contribution in [0.5, 0.6) is 0 Å². The third-order valence-electron chi connectivity index (χ3n) is 2.26. The number of hydrogen-bond donors (Lipinski definition) is 0. The van der Waals surface area contributed by atoms with Crippen molar-refractivity contribution in [3.8, 4) is 0 Å². The fourth-order valence-electron chi connectivity index (χ4n) is 1.59. The van der Waals surface area contributed by atoms with Crippen molar-refractivity contribution in [2.24, 2.45) is 0 Å². The average Bonchev–Trinajstić information content (AvgIpc) is 2.92. The molecular formula is C11H13O3P. The van der Waals surface area contributed by atoms with Crippen LogP contribution in [0.15, 0.2) is 45.6 Å². The maximum Gasteiger partial charge on any atom is 0.210 e. The molecule has 0 amide bonds. The molecule has 0 aliphatic carbocycles. The Hall–Kier alpha value is -1.21. The lowest BCUT2D eigenvalue weighted by Gasteiger charge is -2.11. The highest BCUT2D eigenvalue weighted by Gasteiger charge is 2.31. The summed E-state index contributed by atoms with van der Waals surface area (Å²) in [5.41, 5.74) is 1.05. The first-order valence-electron chi connectivity index (χ1n) is 4.94. The first-order chi connectivity index (χ1) is 7.27. The molecule has 0 aromatic carbocycles. The van der Waals surface area contributed by atoms with Gasteiger partial charge in [-0.15, -0.1) is 0 Å². The molecule has 0 fully saturated rings. The minimum atomic E-state index is -2.66. The van der Waals surface area contributed by atoms with Gasteiger partial charge in [-0.3, -0.25) is 0 Å². The normalized spacial score (nSPS) is 11.8. The zero-order valence-corrected chi connectivity index (χ0v) is 9.44. The van der Waals surface area contributed by atoms with E-state index in [1.807, 2.05) is 6.92 Å². The van der Waals surface area contributed by atoms with E-state index in [4.69, 9.17) is 8.83 Å². The summed E-state index contributed by atoms with van der Waals surface area (Å²) in [7, 11) is -2.66. The third kappa shape index (κ3) is 1.80. The van der Waals surface area contributed by atoms with E-state index in [2.05, 4.69) is 0 Å². The molecule has 15 heavy (non-hydrogen) atoms. The monoisotopic (exact) mass is 224 g/mol. The predicted octanol–water partition coefficient (Wildman–Crippen LogP) is 2.60. The van der Waals surface area contributed by atoms with Gasteiger partial charge in [0.1, 0.15) is 0 Å². The Balaban J connectivity index is 2.46. The Morgan fingerprint density at radius 2 is 1.67 bits per heavy atom. The van der Waals surface area contributed by atoms with Crippen LogP contribution in [-0.4, -0.2) is 6.16 Å². The summed E-state index contributed by atoms with van der Waals surface area (Å²) in [5.74, 6) is 0. The third-order valence-corrected chi connectivity index (χ3v) is 5.27. The van der Waals surface area contributed by atoms with Crippen LogP contribution < -0.4 is 11.0 Å². The minimum Gasteiger partial charge on any atom is -0.461 e. The molecule has 80 valence electrons. The van der Waals surface area contributed by atoms with Crippen molar-refractivity contribution < 1.29 is 13.4 Å². The summed E-state index contributed by atoms with van der Waals surface area (Å²) in [6, 6.07) is 7.00. The molecule has 0 unspecified atom stereocenters. The Kier molecular flexibility index (Phi) is 2.83. The van der Waals surface area contributed by atoms with E-state index in [9.17, 15) is 4.57 Å². The highest BCUT2D eigenvalue weighted by atomic mass is 31.2. The van der Waals surface area contributed by atoms with Crippen LogP contribution >= 0.6 is 7.14 Å². The van der Waals surface area contributed by atoms with Crippen molar-refractivity contribution in [3.05, 3.63) is 36.8 Å². The van der Waals surface area contributed by atoms with Gasteiger partial charge in [0.25, 0.3) is 0 Å². The second kappa shape index (κ2) is 4.11. The van der Waals surface area contributed by atoms with E-state index in [1.165, 1.54) is 0 Å². The zero-order valence-electron chi connectivity index (χ0n) is 8.55. The van der Waals surface area contributed by atoms with Gasteiger partial charge in [-0.25, -0.2) is 0 Å². The van der Waals surface area contributed by atoms with Crippen molar-refractivity contribution in [1.29, 1.82) is 0 Å². The summed E-state index contributed by atoms with van der Waals surface area (Å²) in [4.78, 5) is 0. The van der Waals surface area contributed by atoms with E-state index < -0.39 is 7.14 Å². The Bertz CT molecular complexity index is 404. The van der Waals surface area contributed by atoms with Crippen LogP contribution in [0.2, 0.25) is 0 Å². The summed E-state index contributed by atoms with van der Waals surface area (Å²) >= 11 is 0. The van der Waals surface area contributed by atoms with Crippen LogP contribution in [-0.2, 0) is 4.57 Å². The van der Waals surface area contributed by atoms with E-state index in [1.54, 1.807) is 36.8 Å². The van der Waals surface area contributed by atoms with Crippen molar-refractivity contribution in [1.82, 2.24) is 0 Å². The largest absolute Gasteiger partial charge is 0.461 e. The van der Waals surface area contributed by atoms with Gasteiger partial charge in [-0.05, 0) is 30.7 Å². The SMILES string of the molecule is CCCP(=O)(c1ccco1)c1ccco1. The molecule has 2 aromatic rings. The van der Waals surface area contributed by atoms with E-state index in [0.29, 0.717) is 17.2 Å². The lowest BCUT2D eigenvalue weighted by atomic mass is 10.6. The van der Waals surface area contributed by atoms with Gasteiger partial charge in [0.15, 0.2) is 11.0 Å². The van der Waals surface area contributed by atoms with Gasteiger partial charge in [0, 0.05) is 6.16 Å². The predicted molar refractivity (Wildman–Crippen MR) is 59.4 cm³/mol. The number of furan rings is 2. The van der Waals surface area contributed by atoms with Crippen LogP contribution in [0.1, 0.15) is 13.3 Å². The molecule has 0 aliphatic heterocycles. The highest BCUT2D eigenvalue weighted by Crippen LogP contribution is 2.44. The molecule has 0 radical (unpaired) electrons. The summed E-state index contributed by atoms with van der Waals surface area (Å²) in [6.07, 6.45) is 4.49. The number of rotatable bonds is 4. The lowest BCUT2D eigenvalue weighted by Crippen LogP contribution is -2.15. The second-order valence-electron chi connectivity index (χ2n) is 3.37. The summed E-state index contributed by atoms with van der Waals surface area (Å²) < 4.78 is 23.3. The first-order valence-corrected chi connectivity index (χ1v) is 6.84. The Morgan fingerprint density at radius 3 is 2.00 bits per heavy atom. The van der Waals surface area contributed by atoms with Gasteiger partial charge >= 0.3 is 0 Å². The standard InChI is InChI=1S/C11H13O3P/c1-2-9-15(12,10-5-3-7-13-10)11-6-4-8-14-11/h3-8H,2,9H2,1H3. The lowest BCUT2D eigenvalue weighted by molar-refractivity contribution is 0.546. The van der Waals surface area contributed by atoms with Crippen LogP contribution in [0.4, 0.5) is 0 Å². The number of hydrogen-bond acceptors (Lipinski definition) is 3. The topological polar surface area (TPSA) is 43.4 Å². The molecule has 0 aliphatic rings. The highest BCUT2D eigenvalue weighted by molar-refractivity contribution is 7.77. The molecule has 0 bridgehead atoms. The smallest absolute Gasteiger partial charge is 0.210 e. The molecule has 0 saturated carbocycles. The van der Waals surface area contributed by atoms with Crippen molar-refractivity contribution in [3.63, 3.8) is 0 Å². The molecule has 4 heteroatoms. The fraction of sp³-hybridized carbons (Fsp3) is 0.273. The van der Waals surface area contributed by atoms with Crippen molar-refractivity contribution >= 4 is 18.1 Å². The molecule has 2 heterocycles. The van der Waals surface area contributed by atoms with E-state index >= 15 is 0 Å². The maximum absolute atomic E-state index is 12.8. The molecule has 2 aromatic heterocycles. The average molecular weight is 224 g/mol. The molecular weight excluding hydrogens is 211 g/mol. The van der Waals surface area contributed by atoms with E-state index in [-0.39, 0.29) is 0 Å². The molecule has 0 saturated heterocycles. The molecule has 0 spiro atoms. The Morgan fingerprint density at radius 1 is 1.13 bits per heavy atom. The van der Waals surface area contributed by atoms with Gasteiger partial charge in [-0.1, -0.05) is 6.92 Å². The van der Waals surface area contributed by atoms with E-state index in [0.717, 1.165) is 6.42 Å². The van der Waals surface area contributed by atoms with Gasteiger partial charge < -0.3 is 13.4 Å². The van der Waals surface area contributed by atoms with Gasteiger partial charge in [0.2, 0.25) is 7.14 Å². The zero-order chi connectivity index (χ0) is 10.7. The van der Waals surface area contributed by atoms with Gasteiger partial charge in [-0.2, -0.15) is 0 Å². The molecule has 0 N–H and O–H groups in total. The summed E-state index contributed by atoms with van der Waals surface area (Å²) in [5, 5.41) is 0. The molecule has 2 rings (SSSR count). The molecule has 0 atom stereocenters. The fourth-order valence-corrected chi connectivity index (χ4v) is 4.00. The first kappa shape index (κ1) is 10.3. The van der Waals surface area contributed by atoms with Crippen LogP contribution in [0.25, 0.3) is 0 Å². The maximum atomic E-state index is 12.8. The quantitative estimate of drug-likeness (QED) is 0.749. The summed E-state index contributed by atoms with van der Waals surface area (Å²) in [6.45, 7) is 2.00. The van der Waals surface area contributed by atoms with Crippen molar-refractivity contribution in [2.75, 3.05) is 6.16 Å². The Labute approximate surface area is 88.5 Å². The van der Waals surface area contributed by atoms with Crippen LogP contribution in [0.3, 0.4) is 0 Å². The van der Waals surface area contributed by atoms with Gasteiger partial charge in [0.05, 0.1) is 12.5 Å². The molecule has 3 nitrogen and oxygen atoms in total. The van der Waals surface area contributed by atoms with Crippen LogP contribution in [0, 0.1) is 0 Å². The minimum absolute atomic E-state index is 0.527. The second-order valence-corrected chi connectivity index (χ2v) is 6.17.